The van der Waals surface area contributed by atoms with E-state index < -0.39 is 125 Å². The lowest BCUT2D eigenvalue weighted by atomic mass is 9.86. The number of Topliss-reactive ketones (excluding diaryl/α,β-unsaturated/α-hetero) is 1. The van der Waals surface area contributed by atoms with Gasteiger partial charge in [-0.25, -0.2) is 4.39 Å². The molecule has 37 heavy (non-hydrogen) atoms. The van der Waals surface area contributed by atoms with Crippen molar-refractivity contribution in [3.05, 3.63) is 59.0 Å². The molecule has 1 saturated carbocycles. The number of rotatable bonds is 9. The molecule has 0 radical (unpaired) electrons. The number of alkyl halides is 2. The van der Waals surface area contributed by atoms with Crippen molar-refractivity contribution in [1.29, 1.82) is 0 Å². The summed E-state index contributed by atoms with van der Waals surface area (Å²) in [5.41, 5.74) is -6.38. The first-order chi connectivity index (χ1) is 21.2. The lowest BCUT2D eigenvalue weighted by Crippen LogP contribution is -2.26. The standard InChI is InChI=1S/C28H30F3NO5/c1-4-26(2,3)24-10-17-9-16(20(29)13-21(17)32(24)14-19(34)15-33)11-25(35)27(7-8-27)18-5-6-22-23(12-18)37-28(30,31)36-22/h5-6,9-10,12-13,19,33-34H,4,7-8,11,14-15H2,1-3H3/t19-/m0/s1/i4D2,7D2,8D2,9D,10D,13D,19D. The van der Waals surface area contributed by atoms with Crippen molar-refractivity contribution >= 4 is 16.7 Å². The molecular formula is C28H30F3NO5. The molecule has 3 aromatic rings. The number of nitrogens with zero attached hydrogens (tertiary/aromatic N) is 1. The Morgan fingerprint density at radius 2 is 2.00 bits per heavy atom. The van der Waals surface area contributed by atoms with Crippen LogP contribution >= 0.6 is 0 Å². The summed E-state index contributed by atoms with van der Waals surface area (Å²) < 4.78 is 138. The molecule has 0 saturated heterocycles. The Kier molecular flexibility index (Phi) is 3.80. The largest absolute Gasteiger partial charge is 0.586 e. The first-order valence-corrected chi connectivity index (χ1v) is 11.3. The van der Waals surface area contributed by atoms with Gasteiger partial charge in [0.15, 0.2) is 11.5 Å². The van der Waals surface area contributed by atoms with Gasteiger partial charge in [0, 0.05) is 31.1 Å². The molecule has 6 nitrogen and oxygen atoms in total. The molecule has 0 amide bonds. The van der Waals surface area contributed by atoms with E-state index in [0.717, 1.165) is 22.8 Å². The fourth-order valence-corrected chi connectivity index (χ4v) is 4.20. The van der Waals surface area contributed by atoms with E-state index in [2.05, 4.69) is 9.47 Å². The maximum atomic E-state index is 16.1. The van der Waals surface area contributed by atoms with Gasteiger partial charge in [0.1, 0.15) is 11.6 Å². The van der Waals surface area contributed by atoms with Gasteiger partial charge in [-0.1, -0.05) is 26.8 Å². The van der Waals surface area contributed by atoms with Gasteiger partial charge in [0.05, 0.1) is 35.6 Å². The van der Waals surface area contributed by atoms with E-state index >= 15 is 4.39 Å². The van der Waals surface area contributed by atoms with E-state index in [1.165, 1.54) is 20.8 Å². The third kappa shape index (κ3) is 4.48. The fraction of sp³-hybridized carbons (Fsp3) is 0.464. The molecule has 2 aliphatic rings. The number of aliphatic hydroxyl groups is 2. The molecular weight excluding hydrogens is 487 g/mol. The second-order valence-electron chi connectivity index (χ2n) is 9.35. The van der Waals surface area contributed by atoms with Crippen molar-refractivity contribution < 1.29 is 51.4 Å². The van der Waals surface area contributed by atoms with Crippen molar-refractivity contribution in [3.8, 4) is 11.5 Å². The van der Waals surface area contributed by atoms with E-state index in [4.69, 9.17) is 13.7 Å². The van der Waals surface area contributed by atoms with E-state index in [1.54, 1.807) is 0 Å². The molecule has 2 aromatic carbocycles. The van der Waals surface area contributed by atoms with E-state index in [0.29, 0.717) is 0 Å². The lowest BCUT2D eigenvalue weighted by molar-refractivity contribution is -0.286. The van der Waals surface area contributed by atoms with Gasteiger partial charge >= 0.3 is 6.29 Å². The fourth-order valence-electron chi connectivity index (χ4n) is 4.20. The van der Waals surface area contributed by atoms with Crippen molar-refractivity contribution in [1.82, 2.24) is 4.57 Å². The summed E-state index contributed by atoms with van der Waals surface area (Å²) in [5, 5.41) is 19.5. The molecule has 0 bridgehead atoms. The van der Waals surface area contributed by atoms with Crippen molar-refractivity contribution in [2.24, 2.45) is 0 Å². The summed E-state index contributed by atoms with van der Waals surface area (Å²) in [6, 6.07) is 0.256. The summed E-state index contributed by atoms with van der Waals surface area (Å²) in [7, 11) is 0. The molecule has 9 heteroatoms. The van der Waals surface area contributed by atoms with Gasteiger partial charge in [0.2, 0.25) is 0 Å². The molecule has 1 aromatic heterocycles. The Hall–Kier alpha value is -3.04. The molecule has 2 N–H and O–H groups in total. The van der Waals surface area contributed by atoms with Crippen LogP contribution in [0.15, 0.2) is 36.3 Å². The van der Waals surface area contributed by atoms with E-state index in [1.807, 2.05) is 0 Å². The highest BCUT2D eigenvalue weighted by molar-refractivity contribution is 5.95. The van der Waals surface area contributed by atoms with Crippen LogP contribution in [0.2, 0.25) is 0 Å². The van der Waals surface area contributed by atoms with Crippen LogP contribution in [0.3, 0.4) is 0 Å². The van der Waals surface area contributed by atoms with Crippen LogP contribution in [-0.2, 0) is 28.6 Å². The average molecular weight is 528 g/mol. The molecule has 5 rings (SSSR count). The molecule has 198 valence electrons. The van der Waals surface area contributed by atoms with Gasteiger partial charge in [0.25, 0.3) is 0 Å². The van der Waals surface area contributed by atoms with Crippen LogP contribution in [0, 0.1) is 5.82 Å². The van der Waals surface area contributed by atoms with Gasteiger partial charge in [-0.2, -0.15) is 0 Å². The number of aliphatic hydroxyl groups excluding tert-OH is 1. The van der Waals surface area contributed by atoms with Crippen LogP contribution in [0.1, 0.15) is 70.4 Å². The van der Waals surface area contributed by atoms with E-state index in [9.17, 15) is 23.8 Å². The third-order valence-corrected chi connectivity index (χ3v) is 6.49. The predicted molar refractivity (Wildman–Crippen MR) is 131 cm³/mol. The summed E-state index contributed by atoms with van der Waals surface area (Å²) in [6.45, 7) is 1.90. The normalized spacial score (nSPS) is 26.2. The Morgan fingerprint density at radius 1 is 1.30 bits per heavy atom. The first-order valence-electron chi connectivity index (χ1n) is 16.3. The van der Waals surface area contributed by atoms with Crippen molar-refractivity contribution in [2.75, 3.05) is 6.61 Å². The summed E-state index contributed by atoms with van der Waals surface area (Å²) >= 11 is 0. The number of ether oxygens (including phenoxy) is 2. The topological polar surface area (TPSA) is 80.9 Å². The number of carbonyl (C=O) groups excluding carboxylic acids is 1. The number of hydrogen-bond acceptors (Lipinski definition) is 5. The SMILES string of the molecule is [2H]c1c(CC(=O)C2(c3ccc4c(c3)OC(F)(F)O4)C([2H])([2H])C2([2H])[2H])c(F)c([2H])c2c1c([2H])c(C(C)(C)C([2H])([2H])C)n2C[C@]([2H])(O)CO. The van der Waals surface area contributed by atoms with Crippen molar-refractivity contribution in [2.45, 2.75) is 76.1 Å². The molecule has 1 aliphatic carbocycles. The predicted octanol–water partition coefficient (Wildman–Crippen LogP) is 4.99. The highest BCUT2D eigenvalue weighted by atomic mass is 19.3. The number of carbonyl (C=O) groups is 1. The molecule has 1 fully saturated rings. The van der Waals surface area contributed by atoms with E-state index in [-0.39, 0.29) is 5.69 Å². The third-order valence-electron chi connectivity index (χ3n) is 6.49. The molecule has 1 aliphatic heterocycles. The Balaban J connectivity index is 1.72. The zero-order chi connectivity index (χ0) is 35.7. The molecule has 0 unspecified atom stereocenters. The van der Waals surface area contributed by atoms with Gasteiger partial charge in [-0.3, -0.25) is 4.79 Å². The number of halogens is 3. The van der Waals surface area contributed by atoms with Crippen molar-refractivity contribution in [3.63, 3.8) is 0 Å². The Bertz CT molecular complexity index is 1820. The monoisotopic (exact) mass is 527 g/mol. The summed E-state index contributed by atoms with van der Waals surface area (Å²) in [5.74, 6) is -3.89. The number of aromatic nitrogens is 1. The highest BCUT2D eigenvalue weighted by Gasteiger charge is 2.52. The van der Waals surface area contributed by atoms with Crippen LogP contribution < -0.4 is 9.47 Å². The first kappa shape index (κ1) is 16.0. The number of fused-ring (bicyclic) bond motifs is 2. The molecule has 0 spiro atoms. The second kappa shape index (κ2) is 8.77. The lowest BCUT2D eigenvalue weighted by Gasteiger charge is -2.26. The quantitative estimate of drug-likeness (QED) is 0.410. The minimum atomic E-state index is -4.08. The summed E-state index contributed by atoms with van der Waals surface area (Å²) in [6.07, 6.45) is -15.9. The smallest absolute Gasteiger partial charge is 0.395 e. The van der Waals surface area contributed by atoms with Crippen LogP contribution in [0.4, 0.5) is 13.2 Å². The minimum absolute atomic E-state index is 0.257. The maximum Gasteiger partial charge on any atom is 0.586 e. The van der Waals surface area contributed by atoms with Crippen LogP contribution in [0.5, 0.6) is 11.5 Å². The number of benzene rings is 2. The zero-order valence-corrected chi connectivity index (χ0v) is 20.1. The Labute approximate surface area is 226 Å². The maximum absolute atomic E-state index is 16.1. The minimum Gasteiger partial charge on any atom is -0.395 e. The van der Waals surface area contributed by atoms with Gasteiger partial charge in [-0.05, 0) is 60.5 Å². The molecule has 1 atom stereocenters. The number of hydrogen-bond donors (Lipinski definition) is 2. The Morgan fingerprint density at radius 3 is 2.65 bits per heavy atom. The number of ketones is 1. The summed E-state index contributed by atoms with van der Waals surface area (Å²) in [4.78, 5) is 14.0. The van der Waals surface area contributed by atoms with Gasteiger partial charge < -0.3 is 24.3 Å². The zero-order valence-electron chi connectivity index (χ0n) is 30.1. The van der Waals surface area contributed by atoms with Crippen LogP contribution in [-0.4, -0.2) is 39.5 Å². The second-order valence-corrected chi connectivity index (χ2v) is 9.35. The van der Waals surface area contributed by atoms with Crippen LogP contribution in [0.25, 0.3) is 10.9 Å². The highest BCUT2D eigenvalue weighted by Crippen LogP contribution is 2.52. The molecule has 2 heterocycles. The van der Waals surface area contributed by atoms with Gasteiger partial charge in [-0.15, -0.1) is 8.78 Å². The average Bonchev–Trinajstić information content (AvgIpc) is 3.17.